The minimum absolute atomic E-state index is 0.743. The average molecular weight is 472 g/mol. The molecule has 0 fully saturated rings. The molecule has 3 heteroatoms. The first-order chi connectivity index (χ1) is 13.8. The summed E-state index contributed by atoms with van der Waals surface area (Å²) in [7, 11) is 0. The first-order valence-corrected chi connectivity index (χ1v) is 16.9. The molecule has 152 valence electrons. The molecule has 0 radical (unpaired) electrons. The molecule has 0 amide bonds. The molecule has 0 spiro atoms. The fourth-order valence-electron chi connectivity index (χ4n) is 5.81. The van der Waals surface area contributed by atoms with Gasteiger partial charge in [0.05, 0.1) is 0 Å². The quantitative estimate of drug-likeness (QED) is 0.428. The summed E-state index contributed by atoms with van der Waals surface area (Å²) in [6, 6.07) is 12.0. The van der Waals surface area contributed by atoms with Crippen LogP contribution in [0.15, 0.2) is 47.5 Å². The van der Waals surface area contributed by atoms with Crippen molar-refractivity contribution in [3.8, 4) is 0 Å². The summed E-state index contributed by atoms with van der Waals surface area (Å²) in [4.78, 5) is 0. The van der Waals surface area contributed by atoms with Gasteiger partial charge in [-0.1, -0.05) is 0 Å². The molecule has 0 aliphatic heterocycles. The third-order valence-electron chi connectivity index (χ3n) is 7.15. The van der Waals surface area contributed by atoms with Crippen LogP contribution in [0.4, 0.5) is 5.25 Å². The van der Waals surface area contributed by atoms with E-state index in [4.69, 9.17) is 0 Å². The van der Waals surface area contributed by atoms with Crippen LogP contribution in [0.25, 0.3) is 12.2 Å². The molecule has 0 nitrogen and oxygen atoms in total. The number of fused-ring (bicyclic) bond motifs is 2. The summed E-state index contributed by atoms with van der Waals surface area (Å²) in [5, 5.41) is 0. The molecular formula is C26H30F2Zr. The number of hydrogen-bond donors (Lipinski definition) is 0. The van der Waals surface area contributed by atoms with Gasteiger partial charge < -0.3 is 0 Å². The monoisotopic (exact) mass is 470 g/mol. The van der Waals surface area contributed by atoms with E-state index in [9.17, 15) is 0 Å². The summed E-state index contributed by atoms with van der Waals surface area (Å²) < 4.78 is 34.6. The summed E-state index contributed by atoms with van der Waals surface area (Å²) in [6.07, 6.45) is 5.80. The Balaban J connectivity index is 1.98. The number of benzene rings is 2. The number of halogens is 2. The van der Waals surface area contributed by atoms with Crippen molar-refractivity contribution in [2.45, 2.75) is 54.7 Å². The third kappa shape index (κ3) is 2.87. The zero-order valence-corrected chi connectivity index (χ0v) is 20.5. The fraction of sp³-hybridized carbons (Fsp3) is 0.346. The molecule has 29 heavy (non-hydrogen) atoms. The second kappa shape index (κ2) is 7.05. The molecule has 0 saturated carbocycles. The van der Waals surface area contributed by atoms with Crippen molar-refractivity contribution >= 4 is 15.9 Å². The maximum absolute atomic E-state index is 17.4. The molecule has 2 atom stereocenters. The Morgan fingerprint density at radius 2 is 1.21 bits per heavy atom. The van der Waals surface area contributed by atoms with Gasteiger partial charge in [0.2, 0.25) is 0 Å². The van der Waals surface area contributed by atoms with Crippen molar-refractivity contribution < 1.29 is 24.8 Å². The van der Waals surface area contributed by atoms with Gasteiger partial charge in [-0.15, -0.1) is 0 Å². The first-order valence-electron chi connectivity index (χ1n) is 10.7. The molecule has 2 aromatic rings. The number of aryl methyl sites for hydroxylation is 2. The van der Waals surface area contributed by atoms with Gasteiger partial charge >= 0.3 is 176 Å². The Hall–Kier alpha value is -1.47. The van der Waals surface area contributed by atoms with Crippen molar-refractivity contribution in [2.24, 2.45) is 0 Å². The predicted octanol–water partition coefficient (Wildman–Crippen LogP) is 7.71. The SMILES string of the molecule is C[CH]=[Zr]([F])([F])([CH]1C(C)=Cc2c(CC)cccc21)[CH]1C(C)=Cc2c(CC)cccc21. The van der Waals surface area contributed by atoms with E-state index in [0.717, 1.165) is 46.2 Å². The van der Waals surface area contributed by atoms with Crippen LogP contribution in [0, 0.1) is 0 Å². The molecule has 0 heterocycles. The van der Waals surface area contributed by atoms with Crippen LogP contribution in [0.5, 0.6) is 0 Å². The molecule has 2 aliphatic rings. The van der Waals surface area contributed by atoms with E-state index in [0.29, 0.717) is 0 Å². The van der Waals surface area contributed by atoms with Crippen molar-refractivity contribution in [2.75, 3.05) is 0 Å². The topological polar surface area (TPSA) is 0 Å². The molecule has 0 saturated heterocycles. The van der Waals surface area contributed by atoms with E-state index in [1.54, 1.807) is 6.92 Å². The van der Waals surface area contributed by atoms with Crippen molar-refractivity contribution in [1.29, 1.82) is 0 Å². The predicted molar refractivity (Wildman–Crippen MR) is 118 cm³/mol. The zero-order chi connectivity index (χ0) is 21.0. The van der Waals surface area contributed by atoms with Gasteiger partial charge in [-0.3, -0.25) is 0 Å². The molecule has 0 N–H and O–H groups in total. The molecular weight excluding hydrogens is 442 g/mol. The molecule has 4 rings (SSSR count). The van der Waals surface area contributed by atoms with Gasteiger partial charge in [0.1, 0.15) is 0 Å². The van der Waals surface area contributed by atoms with E-state index in [1.165, 1.54) is 14.8 Å². The van der Waals surface area contributed by atoms with Gasteiger partial charge in [0, 0.05) is 0 Å². The molecule has 2 aromatic carbocycles. The standard InChI is InChI=1S/2C12H13.C2H4.2FH.Zr/c2*1-3-10-5-4-6-11-7-9(2)8-12(10)11;1-2;;;/h2*4-8H,3H2,1-2H3;1H,2H3;2*1H;/q;;;;;+2/p-2. The third-order valence-corrected chi connectivity index (χ3v) is 19.1. The van der Waals surface area contributed by atoms with Crippen LogP contribution in [-0.2, 0) is 32.4 Å². The van der Waals surface area contributed by atoms with E-state index >= 15 is 5.25 Å². The maximum atomic E-state index is 17.4. The van der Waals surface area contributed by atoms with Gasteiger partial charge in [0.25, 0.3) is 0 Å². The average Bonchev–Trinajstić information content (AvgIpc) is 3.24. The first kappa shape index (κ1) is 20.8. The Morgan fingerprint density at radius 1 is 0.793 bits per heavy atom. The Kier molecular flexibility index (Phi) is 5.05. The van der Waals surface area contributed by atoms with Gasteiger partial charge in [-0.2, -0.15) is 0 Å². The van der Waals surface area contributed by atoms with Crippen LogP contribution < -0.4 is 0 Å². The van der Waals surface area contributed by atoms with Crippen molar-refractivity contribution in [3.05, 3.63) is 80.9 Å². The Morgan fingerprint density at radius 3 is 1.55 bits per heavy atom. The van der Waals surface area contributed by atoms with Gasteiger partial charge in [-0.05, 0) is 0 Å². The summed E-state index contributed by atoms with van der Waals surface area (Å²) in [6.45, 7) is 9.65. The van der Waals surface area contributed by atoms with E-state index in [2.05, 4.69) is 26.0 Å². The van der Waals surface area contributed by atoms with E-state index in [1.807, 2.05) is 50.3 Å². The number of rotatable bonds is 4. The Labute approximate surface area is 175 Å². The minimum atomic E-state index is -6.47. The molecule has 2 unspecified atom stereocenters. The van der Waals surface area contributed by atoms with Crippen LogP contribution in [0.3, 0.4) is 0 Å². The second-order valence-electron chi connectivity index (χ2n) is 8.70. The fourth-order valence-corrected chi connectivity index (χ4v) is 17.1. The number of allylic oxidation sites excluding steroid dienone is 2. The van der Waals surface area contributed by atoms with Gasteiger partial charge in [0.15, 0.2) is 0 Å². The van der Waals surface area contributed by atoms with Gasteiger partial charge in [-0.25, -0.2) is 0 Å². The van der Waals surface area contributed by atoms with Crippen LogP contribution >= 0.6 is 0 Å². The van der Waals surface area contributed by atoms with Crippen molar-refractivity contribution in [1.82, 2.24) is 0 Å². The zero-order valence-electron chi connectivity index (χ0n) is 18.0. The second-order valence-corrected chi connectivity index (χ2v) is 19.0. The molecule has 2 aliphatic carbocycles. The summed E-state index contributed by atoms with van der Waals surface area (Å²) in [5.74, 6) is 0. The van der Waals surface area contributed by atoms with Crippen LogP contribution in [0.1, 0.15) is 75.3 Å². The van der Waals surface area contributed by atoms with Crippen LogP contribution in [-0.4, -0.2) is 3.71 Å². The molecule has 0 aromatic heterocycles. The van der Waals surface area contributed by atoms with E-state index < -0.39 is 26.8 Å². The summed E-state index contributed by atoms with van der Waals surface area (Å²) >= 11 is -6.47. The van der Waals surface area contributed by atoms with Crippen molar-refractivity contribution in [3.63, 3.8) is 0 Å². The Bertz CT molecular complexity index is 1050. The number of hydrogen-bond acceptors (Lipinski definition) is 0. The van der Waals surface area contributed by atoms with E-state index in [-0.39, 0.29) is 0 Å². The molecule has 0 bridgehead atoms. The van der Waals surface area contributed by atoms with Crippen LogP contribution in [0.2, 0.25) is 0 Å². The summed E-state index contributed by atoms with van der Waals surface area (Å²) in [5.41, 5.74) is 7.79. The normalized spacial score (nSPS) is 20.8.